The molecule has 0 radical (unpaired) electrons. The lowest BCUT2D eigenvalue weighted by Gasteiger charge is -2.15. The smallest absolute Gasteiger partial charge is 0.212 e. The maximum absolute atomic E-state index is 10.6. The fourth-order valence-corrected chi connectivity index (χ4v) is 2.16. The van der Waals surface area contributed by atoms with E-state index >= 15 is 0 Å². The molecule has 0 aliphatic heterocycles. The number of para-hydroxylation sites is 1. The SMILES string of the molecule is CCc1cccc(CC)c1-n1cncc1NC=O. The zero-order chi connectivity index (χ0) is 13.0. The number of rotatable bonds is 5. The summed E-state index contributed by atoms with van der Waals surface area (Å²) in [4.78, 5) is 14.7. The second-order valence-corrected chi connectivity index (χ2v) is 4.04. The topological polar surface area (TPSA) is 46.9 Å². The minimum Gasteiger partial charge on any atom is -0.313 e. The quantitative estimate of drug-likeness (QED) is 0.820. The number of benzene rings is 1. The molecule has 0 saturated carbocycles. The molecule has 0 atom stereocenters. The first kappa shape index (κ1) is 12.4. The lowest BCUT2D eigenvalue weighted by molar-refractivity contribution is -0.105. The number of nitrogens with zero attached hydrogens (tertiary/aromatic N) is 2. The molecule has 4 heteroatoms. The molecule has 0 unspecified atom stereocenters. The largest absolute Gasteiger partial charge is 0.313 e. The zero-order valence-electron chi connectivity index (χ0n) is 10.7. The molecule has 2 aromatic rings. The molecule has 94 valence electrons. The third-order valence-corrected chi connectivity index (χ3v) is 3.05. The number of amides is 1. The van der Waals surface area contributed by atoms with Crippen molar-refractivity contribution in [3.05, 3.63) is 41.9 Å². The van der Waals surface area contributed by atoms with Crippen LogP contribution in [0.3, 0.4) is 0 Å². The van der Waals surface area contributed by atoms with Crippen LogP contribution >= 0.6 is 0 Å². The highest BCUT2D eigenvalue weighted by molar-refractivity contribution is 5.70. The van der Waals surface area contributed by atoms with Crippen LogP contribution in [0.25, 0.3) is 5.69 Å². The van der Waals surface area contributed by atoms with E-state index in [9.17, 15) is 4.79 Å². The maximum Gasteiger partial charge on any atom is 0.212 e. The van der Waals surface area contributed by atoms with Gasteiger partial charge < -0.3 is 5.32 Å². The predicted molar refractivity (Wildman–Crippen MR) is 72.0 cm³/mol. The minimum atomic E-state index is 0.674. The van der Waals surface area contributed by atoms with E-state index in [2.05, 4.69) is 42.3 Å². The van der Waals surface area contributed by atoms with Crippen molar-refractivity contribution in [1.29, 1.82) is 0 Å². The standard InChI is InChI=1S/C14H17N3O/c1-3-11-6-5-7-12(4-2)14(11)17-9-15-8-13(17)16-10-18/h5-10H,3-4H2,1-2H3,(H,16,18). The van der Waals surface area contributed by atoms with Gasteiger partial charge in [0.1, 0.15) is 12.1 Å². The molecule has 0 spiro atoms. The Hall–Kier alpha value is -2.10. The van der Waals surface area contributed by atoms with Gasteiger partial charge in [-0.05, 0) is 24.0 Å². The summed E-state index contributed by atoms with van der Waals surface area (Å²) in [6.07, 6.45) is 5.96. The number of hydrogen-bond donors (Lipinski definition) is 1. The number of anilines is 1. The average molecular weight is 243 g/mol. The molecular formula is C14H17N3O. The van der Waals surface area contributed by atoms with E-state index < -0.39 is 0 Å². The fourth-order valence-electron chi connectivity index (χ4n) is 2.16. The molecule has 1 amide bonds. The van der Waals surface area contributed by atoms with Gasteiger partial charge in [-0.2, -0.15) is 0 Å². The van der Waals surface area contributed by atoms with Crippen LogP contribution in [0.4, 0.5) is 5.82 Å². The van der Waals surface area contributed by atoms with E-state index in [1.165, 1.54) is 11.1 Å². The van der Waals surface area contributed by atoms with Gasteiger partial charge in [-0.15, -0.1) is 0 Å². The Morgan fingerprint density at radius 3 is 2.50 bits per heavy atom. The second-order valence-electron chi connectivity index (χ2n) is 4.04. The molecule has 1 heterocycles. The molecule has 2 rings (SSSR count). The number of hydrogen-bond acceptors (Lipinski definition) is 2. The summed E-state index contributed by atoms with van der Waals surface area (Å²) in [6, 6.07) is 6.29. The molecular weight excluding hydrogens is 226 g/mol. The van der Waals surface area contributed by atoms with Crippen molar-refractivity contribution < 1.29 is 4.79 Å². The Morgan fingerprint density at radius 1 is 1.28 bits per heavy atom. The molecule has 0 saturated heterocycles. The van der Waals surface area contributed by atoms with Crippen molar-refractivity contribution in [2.75, 3.05) is 5.32 Å². The Kier molecular flexibility index (Phi) is 3.77. The Morgan fingerprint density at radius 2 is 1.94 bits per heavy atom. The molecule has 1 N–H and O–H groups in total. The summed E-state index contributed by atoms with van der Waals surface area (Å²) in [7, 11) is 0. The first-order valence-electron chi connectivity index (χ1n) is 6.15. The van der Waals surface area contributed by atoms with Crippen LogP contribution in [0.1, 0.15) is 25.0 Å². The van der Waals surface area contributed by atoms with E-state index in [4.69, 9.17) is 0 Å². The van der Waals surface area contributed by atoms with E-state index in [-0.39, 0.29) is 0 Å². The van der Waals surface area contributed by atoms with Gasteiger partial charge in [0.25, 0.3) is 0 Å². The highest BCUT2D eigenvalue weighted by Crippen LogP contribution is 2.24. The lowest BCUT2D eigenvalue weighted by atomic mass is 10.0. The monoisotopic (exact) mass is 243 g/mol. The zero-order valence-corrected chi connectivity index (χ0v) is 10.7. The first-order valence-corrected chi connectivity index (χ1v) is 6.15. The second kappa shape index (κ2) is 5.49. The number of aromatic nitrogens is 2. The molecule has 1 aromatic heterocycles. The van der Waals surface area contributed by atoms with Crippen LogP contribution in [0.15, 0.2) is 30.7 Å². The van der Waals surface area contributed by atoms with Crippen LogP contribution in [0.5, 0.6) is 0 Å². The van der Waals surface area contributed by atoms with Crippen molar-refractivity contribution in [1.82, 2.24) is 9.55 Å². The van der Waals surface area contributed by atoms with E-state index in [0.717, 1.165) is 18.5 Å². The van der Waals surface area contributed by atoms with Crippen molar-refractivity contribution in [3.8, 4) is 5.69 Å². The third kappa shape index (κ3) is 2.14. The molecule has 18 heavy (non-hydrogen) atoms. The van der Waals surface area contributed by atoms with Crippen LogP contribution in [0.2, 0.25) is 0 Å². The number of imidazole rings is 1. The Balaban J connectivity index is 2.61. The predicted octanol–water partition coefficient (Wildman–Crippen LogP) is 2.57. The van der Waals surface area contributed by atoms with Gasteiger partial charge in [-0.3, -0.25) is 9.36 Å². The lowest BCUT2D eigenvalue weighted by Crippen LogP contribution is -2.07. The van der Waals surface area contributed by atoms with Crippen molar-refractivity contribution in [3.63, 3.8) is 0 Å². The first-order chi connectivity index (χ1) is 8.81. The van der Waals surface area contributed by atoms with Gasteiger partial charge in [-0.25, -0.2) is 4.98 Å². The molecule has 0 aliphatic rings. The van der Waals surface area contributed by atoms with E-state index in [1.54, 1.807) is 12.5 Å². The normalized spacial score (nSPS) is 10.3. The van der Waals surface area contributed by atoms with Crippen LogP contribution in [-0.4, -0.2) is 16.0 Å². The summed E-state index contributed by atoms with van der Waals surface area (Å²) < 4.78 is 1.94. The van der Waals surface area contributed by atoms with Crippen LogP contribution in [0, 0.1) is 0 Å². The van der Waals surface area contributed by atoms with Gasteiger partial charge in [0, 0.05) is 0 Å². The average Bonchev–Trinajstić information content (AvgIpc) is 2.86. The highest BCUT2D eigenvalue weighted by atomic mass is 16.1. The third-order valence-electron chi connectivity index (χ3n) is 3.05. The maximum atomic E-state index is 10.6. The van der Waals surface area contributed by atoms with Crippen molar-refractivity contribution >= 4 is 12.2 Å². The Bertz CT molecular complexity index is 523. The van der Waals surface area contributed by atoms with Crippen LogP contribution < -0.4 is 5.32 Å². The van der Waals surface area contributed by atoms with Gasteiger partial charge in [0.15, 0.2) is 0 Å². The molecule has 0 aliphatic carbocycles. The van der Waals surface area contributed by atoms with Crippen molar-refractivity contribution in [2.45, 2.75) is 26.7 Å². The summed E-state index contributed by atoms with van der Waals surface area (Å²) >= 11 is 0. The van der Waals surface area contributed by atoms with E-state index in [0.29, 0.717) is 12.2 Å². The number of carbonyl (C=O) groups excluding carboxylic acids is 1. The van der Waals surface area contributed by atoms with Gasteiger partial charge >= 0.3 is 0 Å². The minimum absolute atomic E-state index is 0.674. The van der Waals surface area contributed by atoms with Crippen molar-refractivity contribution in [2.24, 2.45) is 0 Å². The van der Waals surface area contributed by atoms with Gasteiger partial charge in [0.2, 0.25) is 6.41 Å². The highest BCUT2D eigenvalue weighted by Gasteiger charge is 2.11. The number of carbonyl (C=O) groups is 1. The Labute approximate surface area is 107 Å². The van der Waals surface area contributed by atoms with E-state index in [1.807, 2.05) is 4.57 Å². The van der Waals surface area contributed by atoms with Crippen LogP contribution in [-0.2, 0) is 17.6 Å². The molecule has 1 aromatic carbocycles. The van der Waals surface area contributed by atoms with Gasteiger partial charge in [-0.1, -0.05) is 32.0 Å². The van der Waals surface area contributed by atoms with Gasteiger partial charge in [0.05, 0.1) is 11.9 Å². The summed E-state index contributed by atoms with van der Waals surface area (Å²) in [5.41, 5.74) is 3.63. The molecule has 4 nitrogen and oxygen atoms in total. The summed E-state index contributed by atoms with van der Waals surface area (Å²) in [5, 5.41) is 2.68. The molecule has 0 fully saturated rings. The number of aryl methyl sites for hydroxylation is 2. The fraction of sp³-hybridized carbons (Fsp3) is 0.286. The molecule has 0 bridgehead atoms. The summed E-state index contributed by atoms with van der Waals surface area (Å²) in [5.74, 6) is 0.695. The number of nitrogens with one attached hydrogen (secondary N) is 1. The summed E-state index contributed by atoms with van der Waals surface area (Å²) in [6.45, 7) is 4.25.